The number of carbonyl (C=O) groups excluding carboxylic acids is 1. The highest BCUT2D eigenvalue weighted by Gasteiger charge is 2.72. The average Bonchev–Trinajstić information content (AvgIpc) is 3.25. The van der Waals surface area contributed by atoms with Gasteiger partial charge in [-0.15, -0.1) is 11.3 Å². The van der Waals surface area contributed by atoms with Crippen molar-refractivity contribution < 1.29 is 18.3 Å². The summed E-state index contributed by atoms with van der Waals surface area (Å²) in [5.41, 5.74) is 0.967. The number of carbonyl (C=O) groups is 1. The van der Waals surface area contributed by atoms with Crippen LogP contribution in [0.4, 0.5) is 0 Å². The summed E-state index contributed by atoms with van der Waals surface area (Å²) in [5.74, 6) is 0.0240. The highest BCUT2D eigenvalue weighted by molar-refractivity contribution is 7.90. The lowest BCUT2D eigenvalue weighted by molar-refractivity contribution is -0.131. The van der Waals surface area contributed by atoms with E-state index in [4.69, 9.17) is 0 Å². The first-order valence-electron chi connectivity index (χ1n) is 10.2. The molecule has 2 aliphatic carbocycles. The molecule has 2 unspecified atom stereocenters. The smallest absolute Gasteiger partial charge is 0.239 e. The topological polar surface area (TPSA) is 87.6 Å². The van der Waals surface area contributed by atoms with Crippen LogP contribution < -0.4 is 0 Å². The minimum Gasteiger partial charge on any atom is -0.388 e. The number of benzene rings is 1. The predicted molar refractivity (Wildman–Crippen MR) is 112 cm³/mol. The first-order valence-corrected chi connectivity index (χ1v) is 12.6. The Morgan fingerprint density at radius 1 is 1.41 bits per heavy atom. The van der Waals surface area contributed by atoms with Gasteiger partial charge in [-0.3, -0.25) is 4.79 Å². The van der Waals surface area contributed by atoms with Gasteiger partial charge in [0.15, 0.2) is 0 Å². The fourth-order valence-corrected chi connectivity index (χ4v) is 9.62. The van der Waals surface area contributed by atoms with E-state index in [-0.39, 0.29) is 29.0 Å². The molecular formula is C21H26N2O4S2. The molecule has 1 spiro atoms. The number of aromatic nitrogens is 1. The molecule has 6 nitrogen and oxygen atoms in total. The van der Waals surface area contributed by atoms with Crippen LogP contribution in [0.3, 0.4) is 0 Å². The van der Waals surface area contributed by atoms with Gasteiger partial charge in [0.2, 0.25) is 15.9 Å². The number of aliphatic hydroxyl groups excluding tert-OH is 1. The van der Waals surface area contributed by atoms with Crippen LogP contribution in [0.2, 0.25) is 0 Å². The van der Waals surface area contributed by atoms with E-state index in [9.17, 15) is 18.3 Å². The van der Waals surface area contributed by atoms with Crippen molar-refractivity contribution in [2.75, 3.05) is 5.75 Å². The summed E-state index contributed by atoms with van der Waals surface area (Å²) < 4.78 is 28.2. The van der Waals surface area contributed by atoms with Crippen LogP contribution in [0.5, 0.6) is 0 Å². The molecule has 2 bridgehead atoms. The molecule has 29 heavy (non-hydrogen) atoms. The fourth-order valence-electron chi connectivity index (χ4n) is 6.26. The number of thiazole rings is 1. The summed E-state index contributed by atoms with van der Waals surface area (Å²) in [6.07, 6.45) is 1.37. The van der Waals surface area contributed by atoms with Gasteiger partial charge in [-0.2, -0.15) is 0 Å². The maximum Gasteiger partial charge on any atom is 0.239 e. The van der Waals surface area contributed by atoms with E-state index in [0.29, 0.717) is 11.5 Å². The van der Waals surface area contributed by atoms with Crippen molar-refractivity contribution in [1.29, 1.82) is 0 Å². The molecule has 2 saturated carbocycles. The number of fused-ring (bicyclic) bond motifs is 2. The van der Waals surface area contributed by atoms with Gasteiger partial charge >= 0.3 is 0 Å². The zero-order chi connectivity index (χ0) is 20.8. The van der Waals surface area contributed by atoms with Gasteiger partial charge in [-0.25, -0.2) is 17.7 Å². The molecule has 8 heteroatoms. The molecule has 3 aliphatic rings. The van der Waals surface area contributed by atoms with Crippen LogP contribution >= 0.6 is 11.3 Å². The zero-order valence-electron chi connectivity index (χ0n) is 16.9. The zero-order valence-corrected chi connectivity index (χ0v) is 18.5. The molecule has 3 fully saturated rings. The highest BCUT2D eigenvalue weighted by Crippen LogP contribution is 2.70. The number of hydrogen-bond donors (Lipinski definition) is 1. The predicted octanol–water partition coefficient (Wildman–Crippen LogP) is 3.40. The molecule has 1 saturated heterocycles. The van der Waals surface area contributed by atoms with Crippen molar-refractivity contribution in [2.24, 2.45) is 16.7 Å². The maximum absolute atomic E-state index is 13.1. The van der Waals surface area contributed by atoms with Crippen molar-refractivity contribution in [3.63, 3.8) is 0 Å². The Morgan fingerprint density at radius 2 is 2.17 bits per heavy atom. The Bertz CT molecular complexity index is 1120. The Hall–Kier alpha value is -1.51. The largest absolute Gasteiger partial charge is 0.388 e. The van der Waals surface area contributed by atoms with Gasteiger partial charge in [0.1, 0.15) is 0 Å². The molecule has 1 N–H and O–H groups in total. The van der Waals surface area contributed by atoms with Crippen molar-refractivity contribution in [3.05, 3.63) is 28.8 Å². The lowest BCUT2D eigenvalue weighted by Crippen LogP contribution is -2.44. The number of aryl methyl sites for hydroxylation is 1. The maximum atomic E-state index is 13.1. The fraction of sp³-hybridized carbons (Fsp3) is 0.619. The minimum absolute atomic E-state index is 0.0556. The van der Waals surface area contributed by atoms with Crippen LogP contribution in [-0.2, 0) is 14.8 Å². The summed E-state index contributed by atoms with van der Waals surface area (Å²) in [7, 11) is -3.66. The number of hydrogen-bond acceptors (Lipinski definition) is 6. The Balaban J connectivity index is 1.41. The molecule has 0 radical (unpaired) electrons. The van der Waals surface area contributed by atoms with Gasteiger partial charge in [0.05, 0.1) is 39.5 Å². The van der Waals surface area contributed by atoms with E-state index in [1.807, 2.05) is 13.0 Å². The quantitative estimate of drug-likeness (QED) is 0.800. The summed E-state index contributed by atoms with van der Waals surface area (Å²) in [6.45, 7) is 6.25. The van der Waals surface area contributed by atoms with Crippen molar-refractivity contribution in [3.8, 4) is 0 Å². The average molecular weight is 435 g/mol. The second-order valence-corrected chi connectivity index (χ2v) is 12.6. The molecule has 4 atom stereocenters. The summed E-state index contributed by atoms with van der Waals surface area (Å²) in [5, 5.41) is 11.6. The van der Waals surface area contributed by atoms with Crippen LogP contribution in [0, 0.1) is 23.7 Å². The van der Waals surface area contributed by atoms with Crippen LogP contribution in [0.25, 0.3) is 10.2 Å². The minimum atomic E-state index is -3.66. The summed E-state index contributed by atoms with van der Waals surface area (Å²) in [6, 6.07) is 5.21. The summed E-state index contributed by atoms with van der Waals surface area (Å²) >= 11 is 1.58. The van der Waals surface area contributed by atoms with Gasteiger partial charge in [-0.1, -0.05) is 19.9 Å². The van der Waals surface area contributed by atoms with E-state index in [1.54, 1.807) is 23.5 Å². The molecule has 1 aromatic carbocycles. The normalized spacial score (nSPS) is 32.6. The Labute approximate surface area is 175 Å². The molecule has 1 amide bonds. The SMILES string of the molecule is Cc1nc2cc(C(O)CC(=O)N3[C@@H]4CC5CC[C@]4(CS3(=O)=O)C5(C)C)ccc2s1. The van der Waals surface area contributed by atoms with Gasteiger partial charge in [0, 0.05) is 5.41 Å². The molecule has 156 valence electrons. The first kappa shape index (κ1) is 19.5. The van der Waals surface area contributed by atoms with E-state index in [2.05, 4.69) is 18.8 Å². The first-order chi connectivity index (χ1) is 13.5. The Kier molecular flexibility index (Phi) is 4.04. The van der Waals surface area contributed by atoms with Gasteiger partial charge in [0.25, 0.3) is 0 Å². The Morgan fingerprint density at radius 3 is 2.90 bits per heavy atom. The molecule has 2 aromatic rings. The van der Waals surface area contributed by atoms with E-state index in [1.165, 1.54) is 0 Å². The van der Waals surface area contributed by atoms with E-state index >= 15 is 0 Å². The van der Waals surface area contributed by atoms with Crippen LogP contribution in [0.1, 0.15) is 56.2 Å². The van der Waals surface area contributed by atoms with Gasteiger partial charge < -0.3 is 5.11 Å². The van der Waals surface area contributed by atoms with Crippen molar-refractivity contribution in [1.82, 2.24) is 9.29 Å². The lowest BCUT2D eigenvalue weighted by Gasteiger charge is -2.37. The highest BCUT2D eigenvalue weighted by atomic mass is 32.2. The molecule has 2 heterocycles. The lowest BCUT2D eigenvalue weighted by atomic mass is 9.69. The molecular weight excluding hydrogens is 408 g/mol. The van der Waals surface area contributed by atoms with Crippen molar-refractivity contribution in [2.45, 2.75) is 58.6 Å². The number of sulfonamides is 1. The van der Waals surface area contributed by atoms with Crippen molar-refractivity contribution >= 4 is 37.5 Å². The second kappa shape index (κ2) is 6.02. The molecule has 5 rings (SSSR count). The van der Waals surface area contributed by atoms with Gasteiger partial charge in [-0.05, 0) is 55.2 Å². The second-order valence-electron chi connectivity index (χ2n) is 9.49. The summed E-state index contributed by atoms with van der Waals surface area (Å²) in [4.78, 5) is 17.5. The molecule has 1 aromatic heterocycles. The van der Waals surface area contributed by atoms with E-state index in [0.717, 1.165) is 38.8 Å². The third-order valence-corrected chi connectivity index (χ3v) is 10.8. The number of nitrogens with zero attached hydrogens (tertiary/aromatic N) is 2. The number of aliphatic hydroxyl groups is 1. The standard InChI is InChI=1S/C21H26N2O4S2/c1-12-22-15-8-13(4-5-17(15)28-12)16(24)10-19(25)23-18-9-14-6-7-21(18,20(14,2)3)11-29(23,26)27/h4-5,8,14,16,18,24H,6-7,9-11H2,1-3H3/t14?,16?,18-,21-/m1/s1. The third-order valence-electron chi connectivity index (χ3n) is 7.93. The van der Waals surface area contributed by atoms with Crippen LogP contribution in [-0.4, -0.2) is 40.5 Å². The number of rotatable bonds is 3. The monoisotopic (exact) mass is 434 g/mol. The third kappa shape index (κ3) is 2.58. The number of amides is 1. The van der Waals surface area contributed by atoms with E-state index < -0.39 is 22.0 Å². The van der Waals surface area contributed by atoms with Crippen LogP contribution in [0.15, 0.2) is 18.2 Å². The molecule has 1 aliphatic heterocycles.